The van der Waals surface area contributed by atoms with Gasteiger partial charge in [0, 0.05) is 48.2 Å². The van der Waals surface area contributed by atoms with Crippen molar-refractivity contribution in [2.24, 2.45) is 0 Å². The minimum Gasteiger partial charge on any atom is -0.507 e. The van der Waals surface area contributed by atoms with Gasteiger partial charge in [0.15, 0.2) is 0 Å². The van der Waals surface area contributed by atoms with Gasteiger partial charge in [0.05, 0.1) is 4.92 Å². The number of non-ortho nitro benzene ring substituents is 1. The van der Waals surface area contributed by atoms with Crippen LogP contribution in [0.3, 0.4) is 0 Å². The lowest BCUT2D eigenvalue weighted by Crippen LogP contribution is -2.54. The molecule has 0 aliphatic carbocycles. The normalized spacial score (nSPS) is 20.2. The van der Waals surface area contributed by atoms with Gasteiger partial charge in [-0.2, -0.15) is 0 Å². The maximum atomic E-state index is 11.2. The largest absolute Gasteiger partial charge is 0.507 e. The predicted molar refractivity (Wildman–Crippen MR) is 114 cm³/mol. The van der Waals surface area contributed by atoms with Gasteiger partial charge in [0.1, 0.15) is 11.4 Å². The molecule has 2 heterocycles. The highest BCUT2D eigenvalue weighted by Crippen LogP contribution is 2.54. The molecule has 1 aromatic heterocycles. The first kappa shape index (κ1) is 18.8. The van der Waals surface area contributed by atoms with Crippen LogP contribution in [0.15, 0.2) is 73.1 Å². The Hall–Kier alpha value is -3.54. The maximum absolute atomic E-state index is 11.2. The number of rotatable bonds is 4. The van der Waals surface area contributed by atoms with E-state index in [1.165, 1.54) is 23.8 Å². The summed E-state index contributed by atoms with van der Waals surface area (Å²) in [6, 6.07) is 16.3. The lowest BCUT2D eigenvalue weighted by atomic mass is 9.75. The molecule has 4 rings (SSSR count). The Labute approximate surface area is 169 Å². The van der Waals surface area contributed by atoms with Crippen molar-refractivity contribution in [2.45, 2.75) is 24.9 Å². The van der Waals surface area contributed by atoms with Gasteiger partial charge >= 0.3 is 0 Å². The number of phenolic OH excluding ortho intramolecular Hbond substituents is 1. The molecule has 1 atom stereocenters. The minimum atomic E-state index is -0.600. The number of nitro groups is 1. The molecular weight excluding hydrogens is 366 g/mol. The quantitative estimate of drug-likeness (QED) is 0.509. The smallest absolute Gasteiger partial charge is 0.270 e. The number of nitro benzene ring substituents is 1. The van der Waals surface area contributed by atoms with E-state index in [0.29, 0.717) is 5.56 Å². The number of benzene rings is 2. The Bertz CT molecular complexity index is 1100. The summed E-state index contributed by atoms with van der Waals surface area (Å²) in [6.45, 7) is 4.37. The van der Waals surface area contributed by atoms with Gasteiger partial charge < -0.3 is 14.6 Å². The topological polar surface area (TPSA) is 71.5 Å². The molecular formula is C23H23N3O3. The van der Waals surface area contributed by atoms with Crippen molar-refractivity contribution in [2.75, 3.05) is 11.9 Å². The molecule has 0 fully saturated rings. The average molecular weight is 389 g/mol. The standard InChI is InChI=1S/C23H23N3O3/c1-22(2)19-8-4-5-9-20(19)24(3)23(22,25-14-6-7-15-25)13-12-17-16-18(26(28)29)10-11-21(17)27/h4-16,27H,1-3H3/b13-12+. The van der Waals surface area contributed by atoms with E-state index in [1.807, 2.05) is 49.8 Å². The summed E-state index contributed by atoms with van der Waals surface area (Å²) in [4.78, 5) is 12.9. The van der Waals surface area contributed by atoms with Gasteiger partial charge in [-0.25, -0.2) is 0 Å². The summed E-state index contributed by atoms with van der Waals surface area (Å²) < 4.78 is 2.14. The first-order valence-electron chi connectivity index (χ1n) is 9.42. The second-order valence-corrected chi connectivity index (χ2v) is 7.85. The maximum Gasteiger partial charge on any atom is 0.270 e. The van der Waals surface area contributed by atoms with Gasteiger partial charge in [-0.1, -0.05) is 38.1 Å². The minimum absolute atomic E-state index is 0.00507. The van der Waals surface area contributed by atoms with E-state index in [4.69, 9.17) is 0 Å². The Morgan fingerprint density at radius 3 is 2.41 bits per heavy atom. The lowest BCUT2D eigenvalue weighted by Gasteiger charge is -2.45. The van der Waals surface area contributed by atoms with Crippen molar-refractivity contribution in [1.82, 2.24) is 4.57 Å². The number of hydrogen-bond donors (Lipinski definition) is 1. The molecule has 0 radical (unpaired) electrons. The monoisotopic (exact) mass is 389 g/mol. The molecule has 2 aromatic carbocycles. The number of hydrogen-bond acceptors (Lipinski definition) is 4. The van der Waals surface area contributed by atoms with Crippen LogP contribution < -0.4 is 4.90 Å². The van der Waals surface area contributed by atoms with Crippen molar-refractivity contribution in [3.8, 4) is 5.75 Å². The van der Waals surface area contributed by atoms with Crippen LogP contribution >= 0.6 is 0 Å². The van der Waals surface area contributed by atoms with Crippen molar-refractivity contribution >= 4 is 17.5 Å². The number of anilines is 1. The average Bonchev–Trinajstić information content (AvgIpc) is 3.28. The Morgan fingerprint density at radius 2 is 1.76 bits per heavy atom. The molecule has 1 aliphatic heterocycles. The highest BCUT2D eigenvalue weighted by Gasteiger charge is 2.55. The zero-order valence-corrected chi connectivity index (χ0v) is 16.6. The molecule has 148 valence electrons. The van der Waals surface area contributed by atoms with Crippen LogP contribution in [0.4, 0.5) is 11.4 Å². The lowest BCUT2D eigenvalue weighted by molar-refractivity contribution is -0.384. The van der Waals surface area contributed by atoms with E-state index in [-0.39, 0.29) is 16.9 Å². The first-order chi connectivity index (χ1) is 13.8. The molecule has 0 saturated heterocycles. The third-order valence-corrected chi connectivity index (χ3v) is 6.09. The molecule has 6 heteroatoms. The number of nitrogens with zero attached hydrogens (tertiary/aromatic N) is 3. The van der Waals surface area contributed by atoms with E-state index in [0.717, 1.165) is 5.69 Å². The zero-order valence-electron chi connectivity index (χ0n) is 16.6. The van der Waals surface area contributed by atoms with Gasteiger partial charge in [-0.3, -0.25) is 10.1 Å². The van der Waals surface area contributed by atoms with E-state index in [1.54, 1.807) is 6.08 Å². The highest BCUT2D eigenvalue weighted by atomic mass is 16.6. The van der Waals surface area contributed by atoms with Crippen LogP contribution in [-0.2, 0) is 11.1 Å². The second-order valence-electron chi connectivity index (χ2n) is 7.85. The third kappa shape index (κ3) is 2.63. The molecule has 6 nitrogen and oxygen atoms in total. The summed E-state index contributed by atoms with van der Waals surface area (Å²) in [5.74, 6) is 0.00507. The first-order valence-corrected chi connectivity index (χ1v) is 9.42. The Morgan fingerprint density at radius 1 is 1.07 bits per heavy atom. The summed E-state index contributed by atoms with van der Waals surface area (Å²) in [5.41, 5.74) is 1.77. The summed E-state index contributed by atoms with van der Waals surface area (Å²) in [7, 11) is 2.05. The van der Waals surface area contributed by atoms with E-state index >= 15 is 0 Å². The molecule has 0 amide bonds. The molecule has 1 aliphatic rings. The Balaban J connectivity index is 1.91. The molecule has 0 spiro atoms. The van der Waals surface area contributed by atoms with Crippen LogP contribution in [0, 0.1) is 10.1 Å². The third-order valence-electron chi connectivity index (χ3n) is 6.09. The fraction of sp³-hybridized carbons (Fsp3) is 0.217. The van der Waals surface area contributed by atoms with Crippen molar-refractivity contribution in [3.63, 3.8) is 0 Å². The number of aromatic nitrogens is 1. The number of para-hydroxylation sites is 1. The fourth-order valence-electron chi connectivity index (χ4n) is 4.55. The molecule has 1 N–H and O–H groups in total. The summed E-state index contributed by atoms with van der Waals surface area (Å²) in [6.07, 6.45) is 7.82. The van der Waals surface area contributed by atoms with Crippen LogP contribution in [0.5, 0.6) is 5.75 Å². The zero-order chi connectivity index (χ0) is 20.8. The van der Waals surface area contributed by atoms with Gasteiger partial charge in [0.25, 0.3) is 5.69 Å². The fourth-order valence-corrected chi connectivity index (χ4v) is 4.55. The van der Waals surface area contributed by atoms with Crippen LogP contribution in [-0.4, -0.2) is 21.6 Å². The molecule has 3 aromatic rings. The van der Waals surface area contributed by atoms with Crippen molar-refractivity contribution in [1.29, 1.82) is 0 Å². The molecule has 29 heavy (non-hydrogen) atoms. The van der Waals surface area contributed by atoms with E-state index in [9.17, 15) is 15.2 Å². The van der Waals surface area contributed by atoms with Crippen molar-refractivity contribution in [3.05, 3.63) is 94.3 Å². The molecule has 1 unspecified atom stereocenters. The number of likely N-dealkylation sites (N-methyl/N-ethyl adjacent to an activating group) is 1. The summed E-state index contributed by atoms with van der Waals surface area (Å²) in [5, 5.41) is 21.4. The van der Waals surface area contributed by atoms with E-state index < -0.39 is 10.6 Å². The van der Waals surface area contributed by atoms with Crippen LogP contribution in [0.1, 0.15) is 25.0 Å². The number of phenols is 1. The van der Waals surface area contributed by atoms with Gasteiger partial charge in [0.2, 0.25) is 0 Å². The Kier molecular flexibility index (Phi) is 4.22. The molecule has 0 bridgehead atoms. The van der Waals surface area contributed by atoms with Crippen molar-refractivity contribution < 1.29 is 10.0 Å². The van der Waals surface area contributed by atoms with Crippen LogP contribution in [0.2, 0.25) is 0 Å². The van der Waals surface area contributed by atoms with E-state index in [2.05, 4.69) is 35.4 Å². The molecule has 0 saturated carbocycles. The SMILES string of the molecule is CN1c2ccccc2C(C)(C)C1(/C=C/c1cc([N+](=O)[O-])ccc1O)n1cccc1. The highest BCUT2D eigenvalue weighted by molar-refractivity contribution is 5.69. The van der Waals surface area contributed by atoms with Gasteiger partial charge in [-0.05, 0) is 35.9 Å². The number of aromatic hydroxyl groups is 1. The number of fused-ring (bicyclic) bond motifs is 1. The summed E-state index contributed by atoms with van der Waals surface area (Å²) >= 11 is 0. The second kappa shape index (κ2) is 6.51. The predicted octanol–water partition coefficient (Wildman–Crippen LogP) is 4.90. The van der Waals surface area contributed by atoms with Gasteiger partial charge in [-0.15, -0.1) is 0 Å². The van der Waals surface area contributed by atoms with Crippen LogP contribution in [0.25, 0.3) is 6.08 Å².